The van der Waals surface area contributed by atoms with Crippen LogP contribution < -0.4 is 10.1 Å². The van der Waals surface area contributed by atoms with Gasteiger partial charge < -0.3 is 10.1 Å². The van der Waals surface area contributed by atoms with Gasteiger partial charge in [0.1, 0.15) is 5.75 Å². The molecule has 1 aromatic carbocycles. The van der Waals surface area contributed by atoms with Crippen molar-refractivity contribution in [3.63, 3.8) is 0 Å². The molecule has 4 nitrogen and oxygen atoms in total. The van der Waals surface area contributed by atoms with Crippen LogP contribution in [0.1, 0.15) is 41.0 Å². The Morgan fingerprint density at radius 3 is 2.43 bits per heavy atom. The van der Waals surface area contributed by atoms with Crippen LogP contribution in [-0.4, -0.2) is 23.6 Å². The molecule has 0 fully saturated rings. The van der Waals surface area contributed by atoms with Crippen molar-refractivity contribution in [3.8, 4) is 5.75 Å². The van der Waals surface area contributed by atoms with Gasteiger partial charge in [0, 0.05) is 6.20 Å². The highest BCUT2D eigenvalue weighted by molar-refractivity contribution is 5.44. The van der Waals surface area contributed by atoms with Crippen LogP contribution in [0.15, 0.2) is 24.5 Å². The molecule has 1 atom stereocenters. The lowest BCUT2D eigenvalue weighted by Gasteiger charge is -2.21. The first kappa shape index (κ1) is 15.4. The Kier molecular flexibility index (Phi) is 4.91. The molecule has 2 rings (SSSR count). The summed E-state index contributed by atoms with van der Waals surface area (Å²) in [7, 11) is 1.70. The summed E-state index contributed by atoms with van der Waals surface area (Å²) in [5, 5.41) is 3.50. The molecular weight excluding hydrogens is 262 g/mol. The molecule has 1 unspecified atom stereocenters. The van der Waals surface area contributed by atoms with Crippen LogP contribution in [0.2, 0.25) is 0 Å². The van der Waals surface area contributed by atoms with E-state index in [2.05, 4.69) is 48.2 Å². The molecule has 112 valence electrons. The molecule has 0 aliphatic rings. The van der Waals surface area contributed by atoms with Gasteiger partial charge >= 0.3 is 0 Å². The van der Waals surface area contributed by atoms with E-state index in [9.17, 15) is 0 Å². The zero-order chi connectivity index (χ0) is 15.4. The van der Waals surface area contributed by atoms with Crippen molar-refractivity contribution < 1.29 is 4.74 Å². The summed E-state index contributed by atoms with van der Waals surface area (Å²) in [5.74, 6) is 0.918. The number of hydrogen-bond acceptors (Lipinski definition) is 4. The van der Waals surface area contributed by atoms with Gasteiger partial charge in [0.2, 0.25) is 0 Å². The number of benzene rings is 1. The van der Waals surface area contributed by atoms with E-state index in [4.69, 9.17) is 4.74 Å². The van der Waals surface area contributed by atoms with E-state index in [0.29, 0.717) is 0 Å². The van der Waals surface area contributed by atoms with Gasteiger partial charge in [0.25, 0.3) is 0 Å². The molecule has 0 saturated carbocycles. The molecule has 1 heterocycles. The molecule has 1 N–H and O–H groups in total. The van der Waals surface area contributed by atoms with E-state index in [1.54, 1.807) is 7.11 Å². The quantitative estimate of drug-likeness (QED) is 0.917. The van der Waals surface area contributed by atoms with Gasteiger partial charge in [0.15, 0.2) is 0 Å². The molecule has 21 heavy (non-hydrogen) atoms. The summed E-state index contributed by atoms with van der Waals surface area (Å²) < 4.78 is 5.39. The number of nitrogens with one attached hydrogen (secondary N) is 1. The number of ether oxygens (including phenoxy) is 1. The largest absolute Gasteiger partial charge is 0.496 e. The Balaban J connectivity index is 2.47. The van der Waals surface area contributed by atoms with Crippen molar-refractivity contribution >= 4 is 0 Å². The van der Waals surface area contributed by atoms with Crippen molar-refractivity contribution in [3.05, 3.63) is 52.6 Å². The van der Waals surface area contributed by atoms with Gasteiger partial charge in [0.05, 0.1) is 30.7 Å². The monoisotopic (exact) mass is 285 g/mol. The summed E-state index contributed by atoms with van der Waals surface area (Å²) in [5.41, 5.74) is 5.40. The number of rotatable bonds is 5. The summed E-state index contributed by atoms with van der Waals surface area (Å²) in [4.78, 5) is 8.90. The number of aromatic nitrogens is 2. The lowest BCUT2D eigenvalue weighted by molar-refractivity contribution is 0.411. The maximum atomic E-state index is 5.39. The Bertz CT molecular complexity index is 608. The fourth-order valence-electron chi connectivity index (χ4n) is 2.47. The second-order valence-electron chi connectivity index (χ2n) is 5.25. The predicted molar refractivity (Wildman–Crippen MR) is 84.8 cm³/mol. The highest BCUT2D eigenvalue weighted by Crippen LogP contribution is 2.29. The highest BCUT2D eigenvalue weighted by Gasteiger charge is 2.18. The van der Waals surface area contributed by atoms with Gasteiger partial charge in [-0.25, -0.2) is 0 Å². The van der Waals surface area contributed by atoms with Crippen molar-refractivity contribution in [1.82, 2.24) is 15.3 Å². The molecule has 1 aromatic heterocycles. The summed E-state index contributed by atoms with van der Waals surface area (Å²) >= 11 is 0. The van der Waals surface area contributed by atoms with E-state index < -0.39 is 0 Å². The second kappa shape index (κ2) is 6.68. The third-order valence-electron chi connectivity index (χ3n) is 3.60. The number of aryl methyl sites for hydroxylation is 3. The minimum atomic E-state index is 0.0488. The Morgan fingerprint density at radius 2 is 1.86 bits per heavy atom. The maximum Gasteiger partial charge on any atom is 0.122 e. The minimum Gasteiger partial charge on any atom is -0.496 e. The molecule has 0 bridgehead atoms. The zero-order valence-corrected chi connectivity index (χ0v) is 13.4. The molecule has 0 amide bonds. The van der Waals surface area contributed by atoms with E-state index in [1.807, 2.05) is 19.3 Å². The normalized spacial score (nSPS) is 12.2. The van der Waals surface area contributed by atoms with Gasteiger partial charge in [-0.05, 0) is 50.1 Å². The molecule has 2 aromatic rings. The molecule has 0 radical (unpaired) electrons. The maximum absolute atomic E-state index is 5.39. The topological polar surface area (TPSA) is 47.0 Å². The van der Waals surface area contributed by atoms with Gasteiger partial charge in [-0.2, -0.15) is 0 Å². The van der Waals surface area contributed by atoms with E-state index >= 15 is 0 Å². The smallest absolute Gasteiger partial charge is 0.122 e. The van der Waals surface area contributed by atoms with E-state index in [-0.39, 0.29) is 6.04 Å². The fourth-order valence-corrected chi connectivity index (χ4v) is 2.47. The zero-order valence-electron chi connectivity index (χ0n) is 13.4. The third kappa shape index (κ3) is 3.39. The first-order chi connectivity index (χ1) is 10.1. The van der Waals surface area contributed by atoms with Crippen LogP contribution in [-0.2, 0) is 0 Å². The lowest BCUT2D eigenvalue weighted by atomic mass is 9.96. The average molecular weight is 285 g/mol. The average Bonchev–Trinajstić information content (AvgIpc) is 2.48. The molecule has 0 aliphatic carbocycles. The SMILES string of the molecule is CCNC(c1cnc(C)cn1)c1cc(C)c(OC)cc1C. The molecular formula is C17H23N3O. The first-order valence-corrected chi connectivity index (χ1v) is 7.23. The Morgan fingerprint density at radius 1 is 1.10 bits per heavy atom. The fraction of sp³-hybridized carbons (Fsp3) is 0.412. The van der Waals surface area contributed by atoms with Crippen molar-refractivity contribution in [2.24, 2.45) is 0 Å². The Labute approximate surface area is 126 Å². The number of methoxy groups -OCH3 is 1. The number of hydrogen-bond donors (Lipinski definition) is 1. The van der Waals surface area contributed by atoms with Gasteiger partial charge in [-0.1, -0.05) is 13.0 Å². The third-order valence-corrected chi connectivity index (χ3v) is 3.60. The lowest BCUT2D eigenvalue weighted by Crippen LogP contribution is -2.24. The highest BCUT2D eigenvalue weighted by atomic mass is 16.5. The van der Waals surface area contributed by atoms with Crippen molar-refractivity contribution in [2.45, 2.75) is 33.7 Å². The van der Waals surface area contributed by atoms with Crippen molar-refractivity contribution in [1.29, 1.82) is 0 Å². The summed E-state index contributed by atoms with van der Waals surface area (Å²) in [6.07, 6.45) is 3.66. The van der Waals surface area contributed by atoms with Crippen LogP contribution >= 0.6 is 0 Å². The number of nitrogens with zero attached hydrogens (tertiary/aromatic N) is 2. The van der Waals surface area contributed by atoms with Crippen LogP contribution in [0.3, 0.4) is 0 Å². The van der Waals surface area contributed by atoms with Crippen LogP contribution in [0, 0.1) is 20.8 Å². The minimum absolute atomic E-state index is 0.0488. The Hall–Kier alpha value is -1.94. The molecule has 4 heteroatoms. The van der Waals surface area contributed by atoms with Crippen LogP contribution in [0.4, 0.5) is 0 Å². The first-order valence-electron chi connectivity index (χ1n) is 7.23. The van der Waals surface area contributed by atoms with E-state index in [1.165, 1.54) is 11.1 Å². The second-order valence-corrected chi connectivity index (χ2v) is 5.25. The molecule has 0 saturated heterocycles. The predicted octanol–water partition coefficient (Wildman–Crippen LogP) is 3.11. The van der Waals surface area contributed by atoms with E-state index in [0.717, 1.165) is 29.2 Å². The van der Waals surface area contributed by atoms with Gasteiger partial charge in [-0.15, -0.1) is 0 Å². The standard InChI is InChI=1S/C17H23N3O/c1-6-18-17(15-10-19-13(4)9-20-15)14-7-12(3)16(21-5)8-11(14)2/h7-10,17-18H,6H2,1-5H3. The van der Waals surface area contributed by atoms with Crippen LogP contribution in [0.5, 0.6) is 5.75 Å². The summed E-state index contributed by atoms with van der Waals surface area (Å²) in [6, 6.07) is 4.30. The van der Waals surface area contributed by atoms with Crippen molar-refractivity contribution in [2.75, 3.05) is 13.7 Å². The van der Waals surface area contributed by atoms with Gasteiger partial charge in [-0.3, -0.25) is 9.97 Å². The van der Waals surface area contributed by atoms with Crippen LogP contribution in [0.25, 0.3) is 0 Å². The molecule has 0 spiro atoms. The summed E-state index contributed by atoms with van der Waals surface area (Å²) in [6.45, 7) is 9.07. The molecule has 0 aliphatic heterocycles.